The van der Waals surface area contributed by atoms with Gasteiger partial charge in [0.1, 0.15) is 6.54 Å². The second-order valence-corrected chi connectivity index (χ2v) is 6.61. The number of carbonyl (C=O) groups is 2. The third-order valence-corrected chi connectivity index (χ3v) is 3.57. The van der Waals surface area contributed by atoms with Gasteiger partial charge in [0.05, 0.1) is 6.54 Å². The fourth-order valence-corrected chi connectivity index (χ4v) is 2.51. The number of rotatable bonds is 9. The van der Waals surface area contributed by atoms with Crippen molar-refractivity contribution in [3.05, 3.63) is 35.4 Å². The van der Waals surface area contributed by atoms with E-state index in [1.54, 1.807) is 0 Å². The zero-order chi connectivity index (χ0) is 17.4. The maximum absolute atomic E-state index is 11.6. The predicted molar refractivity (Wildman–Crippen MR) is 91.2 cm³/mol. The molecule has 23 heavy (non-hydrogen) atoms. The number of hydrogen-bond donors (Lipinski definition) is 3. The van der Waals surface area contributed by atoms with Crippen LogP contribution in [0.1, 0.15) is 44.9 Å². The zero-order valence-corrected chi connectivity index (χ0v) is 14.4. The number of aliphatic carboxylic acids is 1. The third-order valence-electron chi connectivity index (χ3n) is 3.57. The zero-order valence-electron chi connectivity index (χ0n) is 14.4. The summed E-state index contributed by atoms with van der Waals surface area (Å²) in [4.78, 5) is 22.1. The van der Waals surface area contributed by atoms with Crippen LogP contribution < -0.4 is 10.6 Å². The largest absolute Gasteiger partial charge is 0.480 e. The van der Waals surface area contributed by atoms with Crippen LogP contribution >= 0.6 is 0 Å². The molecule has 0 spiro atoms. The van der Waals surface area contributed by atoms with Gasteiger partial charge in [-0.3, -0.25) is 9.59 Å². The summed E-state index contributed by atoms with van der Waals surface area (Å²) in [7, 11) is 0. The maximum Gasteiger partial charge on any atom is 0.322 e. The van der Waals surface area contributed by atoms with E-state index in [4.69, 9.17) is 5.11 Å². The summed E-state index contributed by atoms with van der Waals surface area (Å²) < 4.78 is 0. The van der Waals surface area contributed by atoms with Gasteiger partial charge in [0.2, 0.25) is 5.91 Å². The van der Waals surface area contributed by atoms with Crippen LogP contribution in [0.15, 0.2) is 24.3 Å². The molecule has 0 bridgehead atoms. The number of carboxylic acid groups (broad SMARTS) is 1. The molecule has 1 unspecified atom stereocenters. The first-order valence-corrected chi connectivity index (χ1v) is 8.10. The quantitative estimate of drug-likeness (QED) is 0.653. The van der Waals surface area contributed by atoms with Crippen molar-refractivity contribution in [2.45, 2.75) is 40.2 Å². The van der Waals surface area contributed by atoms with Crippen molar-refractivity contribution < 1.29 is 14.7 Å². The van der Waals surface area contributed by atoms with Crippen LogP contribution in [0.25, 0.3) is 0 Å². The molecule has 3 N–H and O–H groups in total. The fourth-order valence-electron chi connectivity index (χ4n) is 2.51. The van der Waals surface area contributed by atoms with Gasteiger partial charge in [0.25, 0.3) is 0 Å². The van der Waals surface area contributed by atoms with Gasteiger partial charge in [0.15, 0.2) is 0 Å². The van der Waals surface area contributed by atoms with Gasteiger partial charge in [-0.05, 0) is 29.4 Å². The van der Waals surface area contributed by atoms with E-state index in [1.807, 2.05) is 0 Å². The molecule has 0 fully saturated rings. The number of hydrogen-bond acceptors (Lipinski definition) is 3. The highest BCUT2D eigenvalue weighted by molar-refractivity contribution is 5.82. The number of benzene rings is 1. The Morgan fingerprint density at radius 1 is 1.04 bits per heavy atom. The van der Waals surface area contributed by atoms with E-state index in [-0.39, 0.29) is 25.0 Å². The molecule has 0 radical (unpaired) electrons. The molecule has 5 heteroatoms. The molecule has 128 valence electrons. The highest BCUT2D eigenvalue weighted by Gasteiger charge is 2.16. The summed E-state index contributed by atoms with van der Waals surface area (Å²) in [6.45, 7) is 8.33. The number of carboxylic acids is 1. The summed E-state index contributed by atoms with van der Waals surface area (Å²) in [5.74, 6) is -0.412. The molecule has 0 heterocycles. The van der Waals surface area contributed by atoms with Crippen LogP contribution in [0.2, 0.25) is 0 Å². The summed E-state index contributed by atoms with van der Waals surface area (Å²) in [6.07, 6.45) is 1.05. The van der Waals surface area contributed by atoms with Crippen LogP contribution in [0.4, 0.5) is 0 Å². The molecule has 0 saturated carbocycles. The van der Waals surface area contributed by atoms with Crippen LogP contribution in [0, 0.1) is 11.8 Å². The average Bonchev–Trinajstić information content (AvgIpc) is 2.46. The van der Waals surface area contributed by atoms with Gasteiger partial charge in [-0.2, -0.15) is 0 Å². The summed E-state index contributed by atoms with van der Waals surface area (Å²) >= 11 is 0. The van der Waals surface area contributed by atoms with E-state index in [0.29, 0.717) is 11.8 Å². The third kappa shape index (κ3) is 7.28. The Kier molecular flexibility index (Phi) is 7.75. The van der Waals surface area contributed by atoms with Crippen LogP contribution in [0.5, 0.6) is 0 Å². The predicted octanol–water partition coefficient (Wildman–Crippen LogP) is 2.37. The number of amides is 1. The van der Waals surface area contributed by atoms with Gasteiger partial charge in [-0.1, -0.05) is 52.0 Å². The smallest absolute Gasteiger partial charge is 0.322 e. The van der Waals surface area contributed by atoms with Crippen LogP contribution in [-0.2, 0) is 16.0 Å². The van der Waals surface area contributed by atoms with Gasteiger partial charge in [-0.25, -0.2) is 0 Å². The molecule has 5 nitrogen and oxygen atoms in total. The molecule has 1 rings (SSSR count). The topological polar surface area (TPSA) is 78.4 Å². The van der Waals surface area contributed by atoms with E-state index >= 15 is 0 Å². The minimum absolute atomic E-state index is 0.0543. The molecule has 1 aromatic carbocycles. The van der Waals surface area contributed by atoms with Crippen molar-refractivity contribution in [2.24, 2.45) is 11.8 Å². The second kappa shape index (κ2) is 9.30. The average molecular weight is 320 g/mol. The van der Waals surface area contributed by atoms with Crippen molar-refractivity contribution in [1.29, 1.82) is 0 Å². The van der Waals surface area contributed by atoms with E-state index in [1.165, 1.54) is 5.56 Å². The SMILES string of the molecule is CC(C)Cc1ccc(C(NCC(=O)NCC(=O)O)C(C)C)cc1. The van der Waals surface area contributed by atoms with Gasteiger partial charge in [-0.15, -0.1) is 0 Å². The van der Waals surface area contributed by atoms with Gasteiger partial charge < -0.3 is 15.7 Å². The lowest BCUT2D eigenvalue weighted by molar-refractivity contribution is -0.137. The highest BCUT2D eigenvalue weighted by Crippen LogP contribution is 2.22. The molecule has 1 atom stereocenters. The minimum Gasteiger partial charge on any atom is -0.480 e. The Morgan fingerprint density at radius 2 is 1.65 bits per heavy atom. The standard InChI is InChI=1S/C18H28N2O3/c1-12(2)9-14-5-7-15(8-6-14)18(13(3)4)20-10-16(21)19-11-17(22)23/h5-8,12-13,18,20H,9-11H2,1-4H3,(H,19,21)(H,22,23). The molecule has 0 aliphatic rings. The minimum atomic E-state index is -1.04. The monoisotopic (exact) mass is 320 g/mol. The first-order chi connectivity index (χ1) is 10.8. The molecular weight excluding hydrogens is 292 g/mol. The summed E-state index contributed by atoms with van der Waals surface area (Å²) in [5, 5.41) is 14.1. The number of carbonyl (C=O) groups excluding carboxylic acids is 1. The van der Waals surface area contributed by atoms with Crippen LogP contribution in [0.3, 0.4) is 0 Å². The molecule has 1 aromatic rings. The van der Waals surface area contributed by atoms with Crippen LogP contribution in [-0.4, -0.2) is 30.1 Å². The Bertz CT molecular complexity index is 510. The Morgan fingerprint density at radius 3 is 2.13 bits per heavy atom. The Labute approximate surface area is 138 Å². The first kappa shape index (κ1) is 19.2. The van der Waals surface area contributed by atoms with Gasteiger partial charge in [0, 0.05) is 6.04 Å². The molecule has 0 aliphatic carbocycles. The Hall–Kier alpha value is -1.88. The maximum atomic E-state index is 11.6. The van der Waals surface area contributed by atoms with Crippen molar-refractivity contribution in [3.8, 4) is 0 Å². The Balaban J connectivity index is 2.64. The van der Waals surface area contributed by atoms with Crippen molar-refractivity contribution in [3.63, 3.8) is 0 Å². The first-order valence-electron chi connectivity index (χ1n) is 8.10. The molecule has 1 amide bonds. The highest BCUT2D eigenvalue weighted by atomic mass is 16.4. The summed E-state index contributed by atoms with van der Waals surface area (Å²) in [5.41, 5.74) is 2.45. The molecular formula is C18H28N2O3. The lowest BCUT2D eigenvalue weighted by Crippen LogP contribution is -2.39. The lowest BCUT2D eigenvalue weighted by atomic mass is 9.94. The van der Waals surface area contributed by atoms with Crippen molar-refractivity contribution in [2.75, 3.05) is 13.1 Å². The lowest BCUT2D eigenvalue weighted by Gasteiger charge is -2.23. The molecule has 0 aromatic heterocycles. The molecule has 0 saturated heterocycles. The normalized spacial score (nSPS) is 12.4. The van der Waals surface area contributed by atoms with Gasteiger partial charge >= 0.3 is 5.97 Å². The van der Waals surface area contributed by atoms with Crippen molar-refractivity contribution >= 4 is 11.9 Å². The van der Waals surface area contributed by atoms with E-state index in [2.05, 4.69) is 62.6 Å². The fraction of sp³-hybridized carbons (Fsp3) is 0.556. The van der Waals surface area contributed by atoms with E-state index in [0.717, 1.165) is 12.0 Å². The van der Waals surface area contributed by atoms with E-state index < -0.39 is 5.97 Å². The van der Waals surface area contributed by atoms with Crippen molar-refractivity contribution in [1.82, 2.24) is 10.6 Å². The second-order valence-electron chi connectivity index (χ2n) is 6.61. The summed E-state index contributed by atoms with van der Waals surface area (Å²) in [6, 6.07) is 8.53. The number of nitrogens with one attached hydrogen (secondary N) is 2. The van der Waals surface area contributed by atoms with E-state index in [9.17, 15) is 9.59 Å². The molecule has 0 aliphatic heterocycles.